The highest BCUT2D eigenvalue weighted by Gasteiger charge is 2.21. The summed E-state index contributed by atoms with van der Waals surface area (Å²) in [4.78, 5) is 18.3. The van der Waals surface area contributed by atoms with Crippen LogP contribution in [0.4, 0.5) is 10.1 Å². The molecule has 170 valence electrons. The predicted molar refractivity (Wildman–Crippen MR) is 127 cm³/mol. The lowest BCUT2D eigenvalue weighted by atomic mass is 10.1. The second-order valence-corrected chi connectivity index (χ2v) is 7.96. The van der Waals surface area contributed by atoms with E-state index in [0.717, 1.165) is 11.1 Å². The number of anilines is 1. The third-order valence-corrected chi connectivity index (χ3v) is 5.65. The first-order valence-corrected chi connectivity index (χ1v) is 11.0. The lowest BCUT2D eigenvalue weighted by Gasteiger charge is -2.10. The Bertz CT molecular complexity index is 1490. The Labute approximate surface area is 195 Å². The van der Waals surface area contributed by atoms with E-state index in [4.69, 9.17) is 9.51 Å². The molecule has 5 rings (SSSR count). The minimum atomic E-state index is -0.317. The summed E-state index contributed by atoms with van der Waals surface area (Å²) in [5.74, 6) is -0.0840. The number of carbonyl (C=O) groups excluding carboxylic acids is 1. The number of nitrogens with zero attached hydrogens (tertiary/aromatic N) is 4. The number of nitrogens with one attached hydrogen (secondary N) is 1. The van der Waals surface area contributed by atoms with Crippen molar-refractivity contribution in [3.63, 3.8) is 0 Å². The third kappa shape index (κ3) is 4.05. The van der Waals surface area contributed by atoms with Gasteiger partial charge in [-0.3, -0.25) is 4.79 Å². The van der Waals surface area contributed by atoms with Crippen LogP contribution in [0.2, 0.25) is 0 Å². The lowest BCUT2D eigenvalue weighted by molar-refractivity contribution is 0.102. The van der Waals surface area contributed by atoms with Gasteiger partial charge in [-0.25, -0.2) is 14.1 Å². The van der Waals surface area contributed by atoms with Crippen LogP contribution < -0.4 is 5.32 Å². The second-order valence-electron chi connectivity index (χ2n) is 7.96. The molecule has 8 heteroatoms. The van der Waals surface area contributed by atoms with Gasteiger partial charge < -0.3 is 9.84 Å². The van der Waals surface area contributed by atoms with Crippen molar-refractivity contribution in [2.24, 2.45) is 0 Å². The van der Waals surface area contributed by atoms with Gasteiger partial charge in [0.15, 0.2) is 11.4 Å². The van der Waals surface area contributed by atoms with Gasteiger partial charge in [0.25, 0.3) is 5.91 Å². The van der Waals surface area contributed by atoms with Crippen molar-refractivity contribution in [3.8, 4) is 11.3 Å². The number of pyridine rings is 1. The van der Waals surface area contributed by atoms with E-state index in [1.807, 2.05) is 43.3 Å². The minimum absolute atomic E-state index is 0.309. The number of aromatic nitrogens is 4. The normalized spacial score (nSPS) is 11.1. The summed E-state index contributed by atoms with van der Waals surface area (Å²) in [7, 11) is 0. The van der Waals surface area contributed by atoms with Crippen LogP contribution in [-0.4, -0.2) is 25.8 Å². The topological polar surface area (TPSA) is 85.8 Å². The Hall–Kier alpha value is -4.33. The molecule has 0 unspecified atom stereocenters. The first-order valence-electron chi connectivity index (χ1n) is 11.0. The van der Waals surface area contributed by atoms with Crippen LogP contribution in [0.1, 0.15) is 34.3 Å². The van der Waals surface area contributed by atoms with E-state index < -0.39 is 0 Å². The fraction of sp³-hybridized carbons (Fsp3) is 0.154. The maximum Gasteiger partial charge on any atom is 0.256 e. The summed E-state index contributed by atoms with van der Waals surface area (Å²) in [6.07, 6.45) is 2.24. The highest BCUT2D eigenvalue weighted by Crippen LogP contribution is 2.27. The fourth-order valence-corrected chi connectivity index (χ4v) is 3.92. The third-order valence-electron chi connectivity index (χ3n) is 5.65. The fourth-order valence-electron chi connectivity index (χ4n) is 3.92. The molecule has 0 saturated heterocycles. The van der Waals surface area contributed by atoms with E-state index in [0.29, 0.717) is 52.4 Å². The van der Waals surface area contributed by atoms with Crippen molar-refractivity contribution in [1.82, 2.24) is 19.9 Å². The number of carbonyl (C=O) groups is 1. The molecule has 0 saturated carbocycles. The maximum absolute atomic E-state index is 13.7. The molecule has 2 aromatic carbocycles. The van der Waals surface area contributed by atoms with Crippen LogP contribution in [-0.2, 0) is 13.0 Å². The highest BCUT2D eigenvalue weighted by atomic mass is 19.1. The summed E-state index contributed by atoms with van der Waals surface area (Å²) in [5, 5.41) is 12.0. The number of fused-ring (bicyclic) bond motifs is 1. The van der Waals surface area contributed by atoms with Gasteiger partial charge >= 0.3 is 0 Å². The molecular formula is C26H22FN5O2. The molecule has 0 aliphatic rings. The van der Waals surface area contributed by atoms with E-state index in [1.165, 1.54) is 12.1 Å². The van der Waals surface area contributed by atoms with Crippen molar-refractivity contribution < 1.29 is 13.7 Å². The Morgan fingerprint density at radius 1 is 1.12 bits per heavy atom. The molecule has 0 aliphatic carbocycles. The molecule has 0 spiro atoms. The van der Waals surface area contributed by atoms with Crippen LogP contribution in [0.25, 0.3) is 22.3 Å². The summed E-state index contributed by atoms with van der Waals surface area (Å²) in [5.41, 5.74) is 4.47. The Morgan fingerprint density at radius 2 is 1.94 bits per heavy atom. The van der Waals surface area contributed by atoms with Crippen LogP contribution in [0.5, 0.6) is 0 Å². The number of benzene rings is 2. The number of amides is 1. The Balaban J connectivity index is 1.62. The monoisotopic (exact) mass is 455 g/mol. The first-order chi connectivity index (χ1) is 16.5. The zero-order chi connectivity index (χ0) is 23.7. The predicted octanol–water partition coefficient (Wildman–Crippen LogP) is 5.40. The van der Waals surface area contributed by atoms with E-state index in [-0.39, 0.29) is 11.7 Å². The Kier molecular flexibility index (Phi) is 5.63. The highest BCUT2D eigenvalue weighted by molar-refractivity contribution is 6.13. The van der Waals surface area contributed by atoms with Crippen molar-refractivity contribution in [3.05, 3.63) is 95.3 Å². The zero-order valence-electron chi connectivity index (χ0n) is 18.7. The molecule has 0 aliphatic heterocycles. The molecule has 5 aromatic rings. The van der Waals surface area contributed by atoms with Crippen molar-refractivity contribution >= 4 is 22.6 Å². The standard InChI is InChI=1S/C26H22FN5O2/c1-3-22-24(16(2)34-31-22)30-26(33)20-13-23(18-9-5-4-6-10-18)29-25-21(20)14-28-32(25)15-17-8-7-11-19(27)12-17/h4-14H,3,15H2,1-2H3,(H,30,33). The molecule has 3 heterocycles. The molecule has 0 bridgehead atoms. The number of hydrogen-bond donors (Lipinski definition) is 1. The van der Waals surface area contributed by atoms with Gasteiger partial charge in [-0.05, 0) is 37.1 Å². The molecule has 7 nitrogen and oxygen atoms in total. The number of rotatable bonds is 6. The van der Waals surface area contributed by atoms with E-state index >= 15 is 0 Å². The summed E-state index contributed by atoms with van der Waals surface area (Å²) in [6.45, 7) is 4.02. The average molecular weight is 455 g/mol. The van der Waals surface area contributed by atoms with Gasteiger partial charge in [0.2, 0.25) is 0 Å². The molecule has 34 heavy (non-hydrogen) atoms. The molecule has 0 radical (unpaired) electrons. The molecule has 0 fully saturated rings. The van der Waals surface area contributed by atoms with Gasteiger partial charge in [-0.1, -0.05) is 54.5 Å². The van der Waals surface area contributed by atoms with E-state index in [1.54, 1.807) is 29.9 Å². The quantitative estimate of drug-likeness (QED) is 0.371. The van der Waals surface area contributed by atoms with Gasteiger partial charge in [0.05, 0.1) is 29.4 Å². The van der Waals surface area contributed by atoms with Gasteiger partial charge in [0, 0.05) is 5.56 Å². The number of aryl methyl sites for hydroxylation is 2. The number of hydrogen-bond acceptors (Lipinski definition) is 5. The summed E-state index contributed by atoms with van der Waals surface area (Å²) >= 11 is 0. The van der Waals surface area contributed by atoms with Crippen molar-refractivity contribution in [2.45, 2.75) is 26.8 Å². The van der Waals surface area contributed by atoms with Crippen molar-refractivity contribution in [2.75, 3.05) is 5.32 Å². The molecule has 0 atom stereocenters. The number of halogens is 1. The summed E-state index contributed by atoms with van der Waals surface area (Å²) < 4.78 is 20.7. The van der Waals surface area contributed by atoms with Crippen molar-refractivity contribution in [1.29, 1.82) is 0 Å². The van der Waals surface area contributed by atoms with Crippen LogP contribution in [0.3, 0.4) is 0 Å². The maximum atomic E-state index is 13.7. The van der Waals surface area contributed by atoms with Crippen LogP contribution in [0.15, 0.2) is 71.4 Å². The molecule has 3 aromatic heterocycles. The van der Waals surface area contributed by atoms with Gasteiger partial charge in [0.1, 0.15) is 17.2 Å². The van der Waals surface area contributed by atoms with Crippen LogP contribution >= 0.6 is 0 Å². The average Bonchev–Trinajstić information content (AvgIpc) is 3.42. The Morgan fingerprint density at radius 3 is 2.71 bits per heavy atom. The first kappa shape index (κ1) is 21.5. The van der Waals surface area contributed by atoms with E-state index in [2.05, 4.69) is 15.6 Å². The lowest BCUT2D eigenvalue weighted by Crippen LogP contribution is -2.14. The summed E-state index contributed by atoms with van der Waals surface area (Å²) in [6, 6.07) is 17.7. The molecule has 1 N–H and O–H groups in total. The molecule has 1 amide bonds. The van der Waals surface area contributed by atoms with Crippen LogP contribution in [0, 0.1) is 12.7 Å². The minimum Gasteiger partial charge on any atom is -0.359 e. The van der Waals surface area contributed by atoms with Gasteiger partial charge in [-0.2, -0.15) is 5.10 Å². The SMILES string of the molecule is CCc1noc(C)c1NC(=O)c1cc(-c2ccccc2)nc2c1cnn2Cc1cccc(F)c1. The second kappa shape index (κ2) is 8.90. The van der Waals surface area contributed by atoms with Gasteiger partial charge in [-0.15, -0.1) is 0 Å². The largest absolute Gasteiger partial charge is 0.359 e. The smallest absolute Gasteiger partial charge is 0.256 e. The van der Waals surface area contributed by atoms with E-state index in [9.17, 15) is 9.18 Å². The molecular weight excluding hydrogens is 433 g/mol. The zero-order valence-corrected chi connectivity index (χ0v) is 18.7.